The molecule has 0 unspecified atom stereocenters. The summed E-state index contributed by atoms with van der Waals surface area (Å²) in [4.78, 5) is 10.3. The second-order valence-electron chi connectivity index (χ2n) is 4.51. The van der Waals surface area contributed by atoms with Gasteiger partial charge in [0.1, 0.15) is 12.2 Å². The SMILES string of the molecule is CC(C)n1ncnc1CN(C)c1ccncc1N. The van der Waals surface area contributed by atoms with E-state index < -0.39 is 0 Å². The van der Waals surface area contributed by atoms with Crippen LogP contribution in [0.15, 0.2) is 24.8 Å². The van der Waals surface area contributed by atoms with Crippen LogP contribution in [0.4, 0.5) is 11.4 Å². The number of nitrogens with two attached hydrogens (primary N) is 1. The average molecular weight is 246 g/mol. The first-order valence-electron chi connectivity index (χ1n) is 5.88. The molecule has 0 saturated heterocycles. The predicted octanol–water partition coefficient (Wildman–Crippen LogP) is 1.47. The van der Waals surface area contributed by atoms with E-state index in [2.05, 4.69) is 28.9 Å². The highest BCUT2D eigenvalue weighted by atomic mass is 15.4. The minimum Gasteiger partial charge on any atom is -0.396 e. The summed E-state index contributed by atoms with van der Waals surface area (Å²) in [5, 5.41) is 4.22. The number of hydrogen-bond acceptors (Lipinski definition) is 5. The number of pyridine rings is 1. The van der Waals surface area contributed by atoms with Crippen molar-refractivity contribution >= 4 is 11.4 Å². The van der Waals surface area contributed by atoms with Crippen molar-refractivity contribution in [1.82, 2.24) is 19.7 Å². The first-order valence-corrected chi connectivity index (χ1v) is 5.88. The van der Waals surface area contributed by atoms with Gasteiger partial charge in [-0.25, -0.2) is 9.67 Å². The smallest absolute Gasteiger partial charge is 0.146 e. The molecule has 0 aliphatic carbocycles. The van der Waals surface area contributed by atoms with Gasteiger partial charge in [0.05, 0.1) is 24.1 Å². The van der Waals surface area contributed by atoms with Gasteiger partial charge in [-0.05, 0) is 19.9 Å². The molecule has 0 radical (unpaired) electrons. The van der Waals surface area contributed by atoms with Crippen LogP contribution in [0.2, 0.25) is 0 Å². The molecule has 18 heavy (non-hydrogen) atoms. The van der Waals surface area contributed by atoms with Gasteiger partial charge in [-0.2, -0.15) is 5.10 Å². The van der Waals surface area contributed by atoms with Gasteiger partial charge in [-0.1, -0.05) is 0 Å². The summed E-state index contributed by atoms with van der Waals surface area (Å²) in [6.45, 7) is 4.82. The van der Waals surface area contributed by atoms with Crippen LogP contribution in [0.1, 0.15) is 25.7 Å². The topological polar surface area (TPSA) is 72.9 Å². The molecule has 0 spiro atoms. The molecule has 0 saturated carbocycles. The van der Waals surface area contributed by atoms with E-state index in [1.165, 1.54) is 0 Å². The summed E-state index contributed by atoms with van der Waals surface area (Å²) in [5.74, 6) is 0.920. The zero-order valence-electron chi connectivity index (χ0n) is 10.9. The fourth-order valence-corrected chi connectivity index (χ4v) is 1.86. The normalized spacial score (nSPS) is 10.9. The maximum absolute atomic E-state index is 5.90. The second-order valence-corrected chi connectivity index (χ2v) is 4.51. The van der Waals surface area contributed by atoms with Gasteiger partial charge < -0.3 is 10.6 Å². The molecule has 0 atom stereocenters. The molecule has 2 aromatic rings. The van der Waals surface area contributed by atoms with Gasteiger partial charge >= 0.3 is 0 Å². The minimum absolute atomic E-state index is 0.297. The molecule has 0 fully saturated rings. The standard InChI is InChI=1S/C12H18N6/c1-9(2)18-12(15-8-16-18)7-17(3)11-4-5-14-6-10(11)13/h4-6,8-9H,7,13H2,1-3H3. The molecule has 2 rings (SSSR count). The first-order chi connectivity index (χ1) is 8.59. The third-order valence-corrected chi connectivity index (χ3v) is 2.75. The van der Waals surface area contributed by atoms with E-state index >= 15 is 0 Å². The van der Waals surface area contributed by atoms with Crippen LogP contribution in [0.5, 0.6) is 0 Å². The Hall–Kier alpha value is -2.11. The molecule has 0 amide bonds. The van der Waals surface area contributed by atoms with Crippen molar-refractivity contribution < 1.29 is 0 Å². The van der Waals surface area contributed by atoms with Crippen molar-refractivity contribution in [2.24, 2.45) is 0 Å². The summed E-state index contributed by atoms with van der Waals surface area (Å²) in [7, 11) is 1.98. The summed E-state index contributed by atoms with van der Waals surface area (Å²) in [6, 6.07) is 2.19. The summed E-state index contributed by atoms with van der Waals surface area (Å²) in [6.07, 6.45) is 4.97. The van der Waals surface area contributed by atoms with E-state index in [1.807, 2.05) is 22.7 Å². The van der Waals surface area contributed by atoms with Gasteiger partial charge in [0.25, 0.3) is 0 Å². The van der Waals surface area contributed by atoms with E-state index in [0.29, 0.717) is 18.3 Å². The highest BCUT2D eigenvalue weighted by molar-refractivity contribution is 5.65. The predicted molar refractivity (Wildman–Crippen MR) is 71.2 cm³/mol. The molecule has 6 nitrogen and oxygen atoms in total. The molecule has 96 valence electrons. The lowest BCUT2D eigenvalue weighted by Crippen LogP contribution is -2.21. The van der Waals surface area contributed by atoms with Crippen molar-refractivity contribution in [1.29, 1.82) is 0 Å². The molecule has 2 N–H and O–H groups in total. The molecule has 0 aliphatic heterocycles. The van der Waals surface area contributed by atoms with Gasteiger partial charge in [0.15, 0.2) is 0 Å². The zero-order valence-corrected chi connectivity index (χ0v) is 10.9. The third-order valence-electron chi connectivity index (χ3n) is 2.75. The van der Waals surface area contributed by atoms with Crippen molar-refractivity contribution in [3.05, 3.63) is 30.6 Å². The fraction of sp³-hybridized carbons (Fsp3) is 0.417. The number of anilines is 2. The fourth-order valence-electron chi connectivity index (χ4n) is 1.86. The monoisotopic (exact) mass is 246 g/mol. The van der Waals surface area contributed by atoms with Crippen LogP contribution in [-0.4, -0.2) is 26.8 Å². The Labute approximate surface area is 106 Å². The summed E-state index contributed by atoms with van der Waals surface area (Å²) < 4.78 is 1.91. The Kier molecular flexibility index (Phi) is 3.45. The largest absolute Gasteiger partial charge is 0.396 e. The van der Waals surface area contributed by atoms with Crippen molar-refractivity contribution in [2.75, 3.05) is 17.7 Å². The van der Waals surface area contributed by atoms with Crippen LogP contribution in [0.25, 0.3) is 0 Å². The zero-order chi connectivity index (χ0) is 13.1. The van der Waals surface area contributed by atoms with Crippen LogP contribution in [0, 0.1) is 0 Å². The van der Waals surface area contributed by atoms with Crippen LogP contribution in [0.3, 0.4) is 0 Å². The molecule has 6 heteroatoms. The highest BCUT2D eigenvalue weighted by Gasteiger charge is 2.12. The number of aromatic nitrogens is 4. The third kappa shape index (κ3) is 2.42. The average Bonchev–Trinajstić information content (AvgIpc) is 2.77. The van der Waals surface area contributed by atoms with Crippen LogP contribution >= 0.6 is 0 Å². The van der Waals surface area contributed by atoms with Crippen molar-refractivity contribution in [2.45, 2.75) is 26.4 Å². The Morgan fingerprint density at radius 2 is 2.22 bits per heavy atom. The van der Waals surface area contributed by atoms with E-state index in [-0.39, 0.29) is 0 Å². The van der Waals surface area contributed by atoms with Gasteiger partial charge in [0.2, 0.25) is 0 Å². The van der Waals surface area contributed by atoms with Crippen molar-refractivity contribution in [3.63, 3.8) is 0 Å². The maximum Gasteiger partial charge on any atom is 0.146 e. The Morgan fingerprint density at radius 3 is 2.89 bits per heavy atom. The first kappa shape index (κ1) is 12.3. The minimum atomic E-state index is 0.297. The van der Waals surface area contributed by atoms with Gasteiger partial charge in [-0.15, -0.1) is 0 Å². The lowest BCUT2D eigenvalue weighted by Gasteiger charge is -2.21. The molecule has 0 bridgehead atoms. The van der Waals surface area contributed by atoms with E-state index in [9.17, 15) is 0 Å². The molecule has 0 aliphatic rings. The van der Waals surface area contributed by atoms with Crippen molar-refractivity contribution in [3.8, 4) is 0 Å². The molecular weight excluding hydrogens is 228 g/mol. The Morgan fingerprint density at radius 1 is 1.44 bits per heavy atom. The van der Waals surface area contributed by atoms with E-state index in [1.54, 1.807) is 18.7 Å². The van der Waals surface area contributed by atoms with Gasteiger partial charge in [-0.3, -0.25) is 4.98 Å². The lowest BCUT2D eigenvalue weighted by atomic mass is 10.3. The number of rotatable bonds is 4. The molecule has 0 aromatic carbocycles. The molecule has 2 heterocycles. The highest BCUT2D eigenvalue weighted by Crippen LogP contribution is 2.21. The van der Waals surface area contributed by atoms with Gasteiger partial charge in [0, 0.05) is 19.3 Å². The maximum atomic E-state index is 5.90. The van der Waals surface area contributed by atoms with E-state index in [4.69, 9.17) is 5.73 Å². The Balaban J connectivity index is 2.19. The quantitative estimate of drug-likeness (QED) is 0.884. The summed E-state index contributed by atoms with van der Waals surface area (Å²) in [5.41, 5.74) is 7.51. The van der Waals surface area contributed by atoms with Crippen LogP contribution < -0.4 is 10.6 Å². The Bertz CT molecular complexity index is 519. The second kappa shape index (κ2) is 5.03. The number of hydrogen-bond donors (Lipinski definition) is 1. The summed E-state index contributed by atoms with van der Waals surface area (Å²) >= 11 is 0. The van der Waals surface area contributed by atoms with Crippen LogP contribution in [-0.2, 0) is 6.54 Å². The molecule has 2 aromatic heterocycles. The van der Waals surface area contributed by atoms with E-state index in [0.717, 1.165) is 11.5 Å². The number of nitrogen functional groups attached to an aromatic ring is 1. The lowest BCUT2D eigenvalue weighted by molar-refractivity contribution is 0.504. The number of nitrogens with zero attached hydrogens (tertiary/aromatic N) is 5. The molecular formula is C12H18N6.